The average molecular weight is 212 g/mol. The van der Waals surface area contributed by atoms with Gasteiger partial charge in [0, 0.05) is 6.42 Å². The Labute approximate surface area is 94.9 Å². The van der Waals surface area contributed by atoms with Gasteiger partial charge in [0.1, 0.15) is 0 Å². The third-order valence-corrected chi connectivity index (χ3v) is 2.48. The molecule has 0 unspecified atom stereocenters. The van der Waals surface area contributed by atoms with Crippen molar-refractivity contribution in [1.29, 1.82) is 10.5 Å². The van der Waals surface area contributed by atoms with E-state index in [-0.39, 0.29) is 12.2 Å². The van der Waals surface area contributed by atoms with Crippen molar-refractivity contribution in [3.05, 3.63) is 35.4 Å². The summed E-state index contributed by atoms with van der Waals surface area (Å²) in [7, 11) is 0. The second-order valence-corrected chi connectivity index (χ2v) is 3.58. The van der Waals surface area contributed by atoms with Crippen molar-refractivity contribution in [2.45, 2.75) is 19.8 Å². The molecular weight excluding hydrogens is 200 g/mol. The molecule has 1 rings (SSSR count). The number of rotatable bonds is 4. The van der Waals surface area contributed by atoms with Crippen LogP contribution in [0.2, 0.25) is 0 Å². The summed E-state index contributed by atoms with van der Waals surface area (Å²) in [6, 6.07) is 11.2. The van der Waals surface area contributed by atoms with Crippen molar-refractivity contribution >= 4 is 5.78 Å². The molecule has 80 valence electrons. The first kappa shape index (κ1) is 11.9. The van der Waals surface area contributed by atoms with Crippen LogP contribution in [0.15, 0.2) is 24.3 Å². The molecule has 0 aliphatic heterocycles. The normalized spacial score (nSPS) is 9.50. The molecule has 3 nitrogen and oxygen atoms in total. The number of benzene rings is 1. The SMILES string of the molecule is Cc1ccccc1CCC(=O)C(C#N)C#N. The number of carbonyl (C=O) groups excluding carboxylic acids is 1. The number of nitrogens with zero attached hydrogens (tertiary/aromatic N) is 2. The van der Waals surface area contributed by atoms with Gasteiger partial charge in [-0.1, -0.05) is 24.3 Å². The van der Waals surface area contributed by atoms with Crippen LogP contribution in [0.25, 0.3) is 0 Å². The first-order valence-corrected chi connectivity index (χ1v) is 5.05. The zero-order valence-corrected chi connectivity index (χ0v) is 9.10. The van der Waals surface area contributed by atoms with Crippen LogP contribution in [0.4, 0.5) is 0 Å². The Balaban J connectivity index is 2.60. The van der Waals surface area contributed by atoms with Gasteiger partial charge >= 0.3 is 0 Å². The van der Waals surface area contributed by atoms with E-state index in [1.54, 1.807) is 12.1 Å². The molecule has 1 aromatic rings. The molecule has 0 N–H and O–H groups in total. The Hall–Kier alpha value is -2.13. The van der Waals surface area contributed by atoms with Gasteiger partial charge in [-0.3, -0.25) is 4.79 Å². The van der Waals surface area contributed by atoms with Crippen LogP contribution in [0.1, 0.15) is 17.5 Å². The van der Waals surface area contributed by atoms with Gasteiger partial charge in [-0.2, -0.15) is 10.5 Å². The molecule has 16 heavy (non-hydrogen) atoms. The Morgan fingerprint density at radius 1 is 1.31 bits per heavy atom. The molecular formula is C13H12N2O. The topological polar surface area (TPSA) is 64.7 Å². The molecule has 0 aromatic heterocycles. The molecule has 0 amide bonds. The molecule has 0 saturated heterocycles. The number of hydrogen-bond donors (Lipinski definition) is 0. The monoisotopic (exact) mass is 212 g/mol. The third kappa shape index (κ3) is 2.93. The molecule has 3 heteroatoms. The van der Waals surface area contributed by atoms with E-state index in [1.165, 1.54) is 0 Å². The van der Waals surface area contributed by atoms with E-state index in [4.69, 9.17) is 10.5 Å². The minimum absolute atomic E-state index is 0.247. The largest absolute Gasteiger partial charge is 0.297 e. The number of Topliss-reactive ketones (excluding diaryl/α,β-unsaturated/α-hetero) is 1. The number of nitriles is 2. The minimum Gasteiger partial charge on any atom is -0.297 e. The summed E-state index contributed by atoms with van der Waals surface area (Å²) in [4.78, 5) is 11.4. The molecule has 0 heterocycles. The fraction of sp³-hybridized carbons (Fsp3) is 0.308. The molecule has 0 atom stereocenters. The summed E-state index contributed by atoms with van der Waals surface area (Å²) in [6.07, 6.45) is 0.835. The number of aryl methyl sites for hydroxylation is 2. The van der Waals surface area contributed by atoms with Gasteiger partial charge < -0.3 is 0 Å². The Kier molecular flexibility index (Phi) is 4.24. The van der Waals surface area contributed by atoms with E-state index in [0.717, 1.165) is 11.1 Å². The van der Waals surface area contributed by atoms with Crippen molar-refractivity contribution < 1.29 is 4.79 Å². The van der Waals surface area contributed by atoms with Crippen LogP contribution in [0.3, 0.4) is 0 Å². The zero-order chi connectivity index (χ0) is 12.0. The van der Waals surface area contributed by atoms with Crippen molar-refractivity contribution in [1.82, 2.24) is 0 Å². The maximum atomic E-state index is 11.4. The number of ketones is 1. The smallest absolute Gasteiger partial charge is 0.191 e. The predicted molar refractivity (Wildman–Crippen MR) is 59.2 cm³/mol. The van der Waals surface area contributed by atoms with Crippen molar-refractivity contribution in [2.75, 3.05) is 0 Å². The van der Waals surface area contributed by atoms with Crippen molar-refractivity contribution in [2.24, 2.45) is 5.92 Å². The van der Waals surface area contributed by atoms with Gasteiger partial charge in [-0.15, -0.1) is 0 Å². The molecule has 0 bridgehead atoms. The van der Waals surface area contributed by atoms with Crippen molar-refractivity contribution in [3.63, 3.8) is 0 Å². The lowest BCUT2D eigenvalue weighted by molar-refractivity contribution is -0.119. The maximum absolute atomic E-state index is 11.4. The summed E-state index contributed by atoms with van der Waals surface area (Å²) < 4.78 is 0. The lowest BCUT2D eigenvalue weighted by Crippen LogP contribution is -2.11. The van der Waals surface area contributed by atoms with E-state index in [9.17, 15) is 4.79 Å². The minimum atomic E-state index is -1.12. The lowest BCUT2D eigenvalue weighted by Gasteiger charge is -2.04. The lowest BCUT2D eigenvalue weighted by atomic mass is 9.98. The summed E-state index contributed by atoms with van der Waals surface area (Å²) in [5.74, 6) is -1.42. The highest BCUT2D eigenvalue weighted by molar-refractivity contribution is 5.85. The fourth-order valence-corrected chi connectivity index (χ4v) is 1.47. The van der Waals surface area contributed by atoms with Gasteiger partial charge in [-0.05, 0) is 24.5 Å². The summed E-state index contributed by atoms with van der Waals surface area (Å²) in [5.41, 5.74) is 2.21. The number of hydrogen-bond acceptors (Lipinski definition) is 3. The van der Waals surface area contributed by atoms with Gasteiger partial charge in [0.2, 0.25) is 0 Å². The molecule has 1 aromatic carbocycles. The van der Waals surface area contributed by atoms with Crippen LogP contribution >= 0.6 is 0 Å². The first-order valence-electron chi connectivity index (χ1n) is 5.05. The van der Waals surface area contributed by atoms with E-state index < -0.39 is 5.92 Å². The van der Waals surface area contributed by atoms with Crippen LogP contribution in [0, 0.1) is 35.5 Å². The second-order valence-electron chi connectivity index (χ2n) is 3.58. The summed E-state index contributed by atoms with van der Waals surface area (Å²) in [5, 5.41) is 17.1. The van der Waals surface area contributed by atoms with Crippen LogP contribution < -0.4 is 0 Å². The van der Waals surface area contributed by atoms with Crippen LogP contribution in [0.5, 0.6) is 0 Å². The molecule has 0 saturated carbocycles. The Morgan fingerprint density at radius 3 is 2.50 bits per heavy atom. The molecule has 0 aliphatic carbocycles. The highest BCUT2D eigenvalue weighted by atomic mass is 16.1. The highest BCUT2D eigenvalue weighted by Crippen LogP contribution is 2.11. The van der Waals surface area contributed by atoms with Crippen LogP contribution in [-0.4, -0.2) is 5.78 Å². The van der Waals surface area contributed by atoms with Gasteiger partial charge in [0.15, 0.2) is 11.7 Å². The van der Waals surface area contributed by atoms with Gasteiger partial charge in [0.25, 0.3) is 0 Å². The van der Waals surface area contributed by atoms with E-state index in [1.807, 2.05) is 31.2 Å². The van der Waals surface area contributed by atoms with Crippen LogP contribution in [-0.2, 0) is 11.2 Å². The standard InChI is InChI=1S/C13H12N2O/c1-10-4-2-3-5-11(10)6-7-13(16)12(8-14)9-15/h2-5,12H,6-7H2,1H3. The highest BCUT2D eigenvalue weighted by Gasteiger charge is 2.16. The quantitative estimate of drug-likeness (QED) is 0.768. The third-order valence-electron chi connectivity index (χ3n) is 2.48. The van der Waals surface area contributed by atoms with E-state index >= 15 is 0 Å². The Bertz CT molecular complexity index is 452. The zero-order valence-electron chi connectivity index (χ0n) is 9.10. The summed E-state index contributed by atoms with van der Waals surface area (Å²) >= 11 is 0. The van der Waals surface area contributed by atoms with Crippen molar-refractivity contribution in [3.8, 4) is 12.1 Å². The average Bonchev–Trinajstić information content (AvgIpc) is 2.29. The fourth-order valence-electron chi connectivity index (χ4n) is 1.47. The second kappa shape index (κ2) is 5.68. The van der Waals surface area contributed by atoms with E-state index in [0.29, 0.717) is 6.42 Å². The molecule has 0 aliphatic rings. The molecule has 0 radical (unpaired) electrons. The molecule has 0 spiro atoms. The predicted octanol–water partition coefficient (Wildman–Crippen LogP) is 2.16. The Morgan fingerprint density at radius 2 is 1.94 bits per heavy atom. The molecule has 0 fully saturated rings. The maximum Gasteiger partial charge on any atom is 0.191 e. The van der Waals surface area contributed by atoms with E-state index in [2.05, 4.69) is 0 Å². The summed E-state index contributed by atoms with van der Waals surface area (Å²) in [6.45, 7) is 1.98. The number of carbonyl (C=O) groups is 1. The first-order chi connectivity index (χ1) is 7.69. The van der Waals surface area contributed by atoms with Gasteiger partial charge in [0.05, 0.1) is 12.1 Å². The van der Waals surface area contributed by atoms with Gasteiger partial charge in [-0.25, -0.2) is 0 Å².